The molecule has 1 aromatic heterocycles. The first-order valence-corrected chi connectivity index (χ1v) is 9.73. The predicted molar refractivity (Wildman–Crippen MR) is 101 cm³/mol. The number of likely N-dealkylation sites (tertiary alicyclic amines) is 1. The summed E-state index contributed by atoms with van der Waals surface area (Å²) in [5, 5.41) is 5.57. The van der Waals surface area contributed by atoms with Crippen LogP contribution in [0.1, 0.15) is 42.7 Å². The Labute approximate surface area is 153 Å². The van der Waals surface area contributed by atoms with E-state index in [1.807, 2.05) is 24.4 Å². The highest BCUT2D eigenvalue weighted by Crippen LogP contribution is 2.21. The molecule has 6 heteroatoms. The smallest absolute Gasteiger partial charge is 0.257 e. The van der Waals surface area contributed by atoms with Crippen LogP contribution in [-0.2, 0) is 6.54 Å². The van der Waals surface area contributed by atoms with Gasteiger partial charge in [0.2, 0.25) is 0 Å². The van der Waals surface area contributed by atoms with Gasteiger partial charge in [-0.2, -0.15) is 0 Å². The SMILES string of the molecule is CCOc1ccc(C(=O)Nc2nc(CN3CCCC(C)C3)cs2)cc1. The van der Waals surface area contributed by atoms with Gasteiger partial charge in [0.15, 0.2) is 5.13 Å². The van der Waals surface area contributed by atoms with Crippen molar-refractivity contribution in [1.29, 1.82) is 0 Å². The summed E-state index contributed by atoms with van der Waals surface area (Å²) >= 11 is 1.48. The van der Waals surface area contributed by atoms with E-state index in [0.29, 0.717) is 17.3 Å². The topological polar surface area (TPSA) is 54.5 Å². The number of hydrogen-bond donors (Lipinski definition) is 1. The molecule has 0 saturated carbocycles. The Kier molecular flexibility index (Phi) is 6.04. The molecule has 25 heavy (non-hydrogen) atoms. The van der Waals surface area contributed by atoms with Crippen molar-refractivity contribution < 1.29 is 9.53 Å². The van der Waals surface area contributed by atoms with E-state index < -0.39 is 0 Å². The van der Waals surface area contributed by atoms with Gasteiger partial charge in [-0.1, -0.05) is 6.92 Å². The summed E-state index contributed by atoms with van der Waals surface area (Å²) in [6, 6.07) is 7.15. The molecule has 1 aliphatic heterocycles. The zero-order valence-electron chi connectivity index (χ0n) is 14.8. The lowest BCUT2D eigenvalue weighted by atomic mass is 10.0. The number of carbonyl (C=O) groups excluding carboxylic acids is 1. The number of thiazole rings is 1. The molecule has 1 amide bonds. The molecule has 0 radical (unpaired) electrons. The summed E-state index contributed by atoms with van der Waals surface area (Å²) in [4.78, 5) is 19.3. The maximum atomic E-state index is 12.3. The third-order valence-electron chi connectivity index (χ3n) is 4.33. The number of anilines is 1. The van der Waals surface area contributed by atoms with Gasteiger partial charge >= 0.3 is 0 Å². The number of piperidine rings is 1. The van der Waals surface area contributed by atoms with Gasteiger partial charge in [-0.3, -0.25) is 15.0 Å². The second-order valence-corrected chi connectivity index (χ2v) is 7.40. The van der Waals surface area contributed by atoms with Crippen LogP contribution in [0.2, 0.25) is 0 Å². The van der Waals surface area contributed by atoms with Crippen LogP contribution in [0, 0.1) is 5.92 Å². The lowest BCUT2D eigenvalue weighted by molar-refractivity contribution is 0.102. The van der Waals surface area contributed by atoms with Crippen molar-refractivity contribution in [2.75, 3.05) is 25.0 Å². The molecule has 1 fully saturated rings. The van der Waals surface area contributed by atoms with E-state index in [0.717, 1.165) is 37.0 Å². The van der Waals surface area contributed by atoms with Crippen molar-refractivity contribution in [3.63, 3.8) is 0 Å². The molecule has 0 aliphatic carbocycles. The van der Waals surface area contributed by atoms with Gasteiger partial charge in [0, 0.05) is 24.0 Å². The van der Waals surface area contributed by atoms with Crippen LogP contribution in [0.3, 0.4) is 0 Å². The molecule has 1 aliphatic rings. The monoisotopic (exact) mass is 359 g/mol. The van der Waals surface area contributed by atoms with E-state index in [-0.39, 0.29) is 5.91 Å². The molecule has 1 aromatic carbocycles. The van der Waals surface area contributed by atoms with Crippen LogP contribution in [0.5, 0.6) is 5.75 Å². The number of carbonyl (C=O) groups is 1. The third-order valence-corrected chi connectivity index (χ3v) is 5.13. The molecule has 2 aromatic rings. The van der Waals surface area contributed by atoms with E-state index in [1.54, 1.807) is 12.1 Å². The Morgan fingerprint density at radius 3 is 2.92 bits per heavy atom. The second-order valence-electron chi connectivity index (χ2n) is 6.54. The molecule has 0 bridgehead atoms. The van der Waals surface area contributed by atoms with Crippen LogP contribution in [0.15, 0.2) is 29.6 Å². The Balaban J connectivity index is 1.56. The van der Waals surface area contributed by atoms with Gasteiger partial charge in [-0.05, 0) is 56.5 Å². The normalized spacial score (nSPS) is 18.1. The molecule has 1 N–H and O–H groups in total. The largest absolute Gasteiger partial charge is 0.494 e. The maximum Gasteiger partial charge on any atom is 0.257 e. The number of ether oxygens (including phenoxy) is 1. The van der Waals surface area contributed by atoms with Crippen LogP contribution in [0.4, 0.5) is 5.13 Å². The van der Waals surface area contributed by atoms with Crippen molar-refractivity contribution in [2.24, 2.45) is 5.92 Å². The van der Waals surface area contributed by atoms with Gasteiger partial charge in [0.1, 0.15) is 5.75 Å². The van der Waals surface area contributed by atoms with Crippen LogP contribution in [-0.4, -0.2) is 35.5 Å². The average Bonchev–Trinajstić information content (AvgIpc) is 3.02. The van der Waals surface area contributed by atoms with E-state index in [4.69, 9.17) is 4.74 Å². The minimum Gasteiger partial charge on any atom is -0.494 e. The number of hydrogen-bond acceptors (Lipinski definition) is 5. The highest BCUT2D eigenvalue weighted by atomic mass is 32.1. The molecule has 1 unspecified atom stereocenters. The highest BCUT2D eigenvalue weighted by Gasteiger charge is 2.17. The minimum absolute atomic E-state index is 0.143. The number of nitrogens with zero attached hydrogens (tertiary/aromatic N) is 2. The number of nitrogens with one attached hydrogen (secondary N) is 1. The van der Waals surface area contributed by atoms with Crippen LogP contribution in [0.25, 0.3) is 0 Å². The lowest BCUT2D eigenvalue weighted by Gasteiger charge is -2.30. The number of rotatable bonds is 6. The molecule has 134 valence electrons. The zero-order valence-corrected chi connectivity index (χ0v) is 15.6. The molecule has 5 nitrogen and oxygen atoms in total. The Morgan fingerprint density at radius 1 is 1.40 bits per heavy atom. The number of benzene rings is 1. The number of amides is 1. The molecule has 1 saturated heterocycles. The lowest BCUT2D eigenvalue weighted by Crippen LogP contribution is -2.33. The molecular formula is C19H25N3O2S. The van der Waals surface area contributed by atoms with Crippen molar-refractivity contribution in [2.45, 2.75) is 33.2 Å². The molecule has 2 heterocycles. The van der Waals surface area contributed by atoms with E-state index >= 15 is 0 Å². The molecule has 0 spiro atoms. The first kappa shape index (κ1) is 17.9. The summed E-state index contributed by atoms with van der Waals surface area (Å²) in [6.07, 6.45) is 2.57. The number of aromatic nitrogens is 1. The molecular weight excluding hydrogens is 334 g/mol. The quantitative estimate of drug-likeness (QED) is 0.846. The first-order valence-electron chi connectivity index (χ1n) is 8.85. The first-order chi connectivity index (χ1) is 12.1. The summed E-state index contributed by atoms with van der Waals surface area (Å²) < 4.78 is 5.40. The minimum atomic E-state index is -0.143. The van der Waals surface area contributed by atoms with Gasteiger partial charge < -0.3 is 4.74 Å². The molecule has 1 atom stereocenters. The Bertz CT molecular complexity index is 699. The summed E-state index contributed by atoms with van der Waals surface area (Å²) in [6.45, 7) is 7.98. The van der Waals surface area contributed by atoms with Crippen LogP contribution < -0.4 is 10.1 Å². The second kappa shape index (κ2) is 8.45. The van der Waals surface area contributed by atoms with Crippen molar-refractivity contribution >= 4 is 22.4 Å². The average molecular weight is 359 g/mol. The summed E-state index contributed by atoms with van der Waals surface area (Å²) in [7, 11) is 0. The Morgan fingerprint density at radius 2 is 2.20 bits per heavy atom. The van der Waals surface area contributed by atoms with Gasteiger partial charge in [-0.25, -0.2) is 4.98 Å². The fraction of sp³-hybridized carbons (Fsp3) is 0.474. The maximum absolute atomic E-state index is 12.3. The predicted octanol–water partition coefficient (Wildman–Crippen LogP) is 4.03. The van der Waals surface area contributed by atoms with E-state index in [1.165, 1.54) is 24.2 Å². The van der Waals surface area contributed by atoms with Crippen LogP contribution >= 0.6 is 11.3 Å². The third kappa shape index (κ3) is 5.03. The van der Waals surface area contributed by atoms with Gasteiger partial charge in [-0.15, -0.1) is 11.3 Å². The summed E-state index contributed by atoms with van der Waals surface area (Å²) in [5.41, 5.74) is 1.63. The fourth-order valence-electron chi connectivity index (χ4n) is 3.13. The fourth-order valence-corrected chi connectivity index (χ4v) is 3.83. The van der Waals surface area contributed by atoms with Crippen molar-refractivity contribution in [3.8, 4) is 5.75 Å². The highest BCUT2D eigenvalue weighted by molar-refractivity contribution is 7.13. The van der Waals surface area contributed by atoms with Gasteiger partial charge in [0.25, 0.3) is 5.91 Å². The van der Waals surface area contributed by atoms with Gasteiger partial charge in [0.05, 0.1) is 12.3 Å². The van der Waals surface area contributed by atoms with E-state index in [2.05, 4.69) is 22.1 Å². The van der Waals surface area contributed by atoms with Crippen molar-refractivity contribution in [3.05, 3.63) is 40.9 Å². The van der Waals surface area contributed by atoms with Crippen molar-refractivity contribution in [1.82, 2.24) is 9.88 Å². The zero-order chi connectivity index (χ0) is 17.6. The summed E-state index contributed by atoms with van der Waals surface area (Å²) in [5.74, 6) is 1.38. The Hall–Kier alpha value is -1.92. The molecule has 3 rings (SSSR count). The van der Waals surface area contributed by atoms with E-state index in [9.17, 15) is 4.79 Å². The standard InChI is InChI=1S/C19H25N3O2S/c1-3-24-17-8-6-15(7-9-17)18(23)21-19-20-16(13-25-19)12-22-10-4-5-14(2)11-22/h6-9,13-14H,3-5,10-12H2,1-2H3,(H,20,21,23).